The van der Waals surface area contributed by atoms with Gasteiger partial charge in [-0.15, -0.1) is 10.2 Å². The molecule has 20 heavy (non-hydrogen) atoms. The molecule has 0 saturated heterocycles. The zero-order chi connectivity index (χ0) is 13.5. The second-order valence-electron chi connectivity index (χ2n) is 4.39. The first-order valence-electron chi connectivity index (χ1n) is 6.08. The molecule has 6 nitrogen and oxygen atoms in total. The number of hydrogen-bond donors (Lipinski definition) is 0. The second kappa shape index (κ2) is 4.24. The summed E-state index contributed by atoms with van der Waals surface area (Å²) < 4.78 is 3.54. The van der Waals surface area contributed by atoms with Gasteiger partial charge in [0.2, 0.25) is 4.96 Å². The molecular weight excluding hydrogens is 272 g/mol. The van der Waals surface area contributed by atoms with Crippen LogP contribution in [0.25, 0.3) is 26.9 Å². The van der Waals surface area contributed by atoms with Crippen LogP contribution in [0.1, 0.15) is 0 Å². The maximum absolute atomic E-state index is 4.59. The summed E-state index contributed by atoms with van der Waals surface area (Å²) in [7, 11) is 1.89. The minimum absolute atomic E-state index is 0.756. The third-order valence-corrected chi connectivity index (χ3v) is 3.92. The third kappa shape index (κ3) is 1.71. The van der Waals surface area contributed by atoms with Crippen molar-refractivity contribution < 1.29 is 0 Å². The van der Waals surface area contributed by atoms with Gasteiger partial charge in [-0.05, 0) is 0 Å². The SMILES string of the molecule is Cn1cc(-c2nn3c(-c4ccccc4)nnc3s2)cn1. The summed E-state index contributed by atoms with van der Waals surface area (Å²) >= 11 is 1.50. The summed E-state index contributed by atoms with van der Waals surface area (Å²) in [5.74, 6) is 0.756. The molecule has 7 heteroatoms. The molecule has 4 rings (SSSR count). The molecular formula is C13H10N6S. The molecule has 4 aromatic rings. The Morgan fingerprint density at radius 2 is 1.90 bits per heavy atom. The summed E-state index contributed by atoms with van der Waals surface area (Å²) in [5.41, 5.74) is 1.99. The van der Waals surface area contributed by atoms with Gasteiger partial charge in [0.15, 0.2) is 10.8 Å². The van der Waals surface area contributed by atoms with Crippen molar-refractivity contribution in [1.29, 1.82) is 0 Å². The molecule has 0 N–H and O–H groups in total. The predicted octanol–water partition coefficient (Wildman–Crippen LogP) is 2.25. The molecule has 0 amide bonds. The molecule has 0 atom stereocenters. The van der Waals surface area contributed by atoms with Crippen molar-refractivity contribution in [3.05, 3.63) is 42.7 Å². The molecule has 0 fully saturated rings. The smallest absolute Gasteiger partial charge is 0.235 e. The monoisotopic (exact) mass is 282 g/mol. The van der Waals surface area contributed by atoms with Crippen molar-refractivity contribution in [3.8, 4) is 22.0 Å². The molecule has 0 aliphatic heterocycles. The number of benzene rings is 1. The highest BCUT2D eigenvalue weighted by Crippen LogP contribution is 2.27. The highest BCUT2D eigenvalue weighted by molar-refractivity contribution is 7.19. The molecule has 98 valence electrons. The number of aromatic nitrogens is 6. The standard InChI is InChI=1S/C13H10N6S/c1-18-8-10(7-14-18)12-17-19-11(15-16-13(19)20-12)9-5-3-2-4-6-9/h2-8H,1H3. The summed E-state index contributed by atoms with van der Waals surface area (Å²) in [6.07, 6.45) is 3.74. The van der Waals surface area contributed by atoms with Crippen LogP contribution in [-0.4, -0.2) is 29.6 Å². The van der Waals surface area contributed by atoms with Crippen LogP contribution in [0.3, 0.4) is 0 Å². The van der Waals surface area contributed by atoms with Crippen LogP contribution < -0.4 is 0 Å². The van der Waals surface area contributed by atoms with E-state index in [0.717, 1.165) is 26.9 Å². The first-order chi connectivity index (χ1) is 9.81. The van der Waals surface area contributed by atoms with E-state index in [9.17, 15) is 0 Å². The van der Waals surface area contributed by atoms with Gasteiger partial charge in [0.05, 0.1) is 11.8 Å². The maximum atomic E-state index is 4.59. The Bertz CT molecular complexity index is 873. The summed E-state index contributed by atoms with van der Waals surface area (Å²) in [6, 6.07) is 9.93. The Balaban J connectivity index is 1.87. The van der Waals surface area contributed by atoms with Gasteiger partial charge in [-0.25, -0.2) is 0 Å². The Morgan fingerprint density at radius 1 is 1.05 bits per heavy atom. The molecule has 0 spiro atoms. The van der Waals surface area contributed by atoms with Crippen molar-refractivity contribution in [2.75, 3.05) is 0 Å². The molecule has 0 unspecified atom stereocenters. The molecule has 3 heterocycles. The van der Waals surface area contributed by atoms with E-state index in [2.05, 4.69) is 20.4 Å². The van der Waals surface area contributed by atoms with Crippen LogP contribution in [0.2, 0.25) is 0 Å². The van der Waals surface area contributed by atoms with Gasteiger partial charge in [0.25, 0.3) is 0 Å². The number of fused-ring (bicyclic) bond motifs is 1. The molecule has 0 bridgehead atoms. The lowest BCUT2D eigenvalue weighted by molar-refractivity contribution is 0.768. The van der Waals surface area contributed by atoms with E-state index in [0.29, 0.717) is 0 Å². The number of nitrogens with zero attached hydrogens (tertiary/aromatic N) is 6. The number of aryl methyl sites for hydroxylation is 1. The largest absolute Gasteiger partial charge is 0.275 e. The van der Waals surface area contributed by atoms with Crippen molar-refractivity contribution in [1.82, 2.24) is 29.6 Å². The van der Waals surface area contributed by atoms with Crippen LogP contribution in [-0.2, 0) is 7.05 Å². The highest BCUT2D eigenvalue weighted by atomic mass is 32.1. The molecule has 0 aliphatic carbocycles. The summed E-state index contributed by atoms with van der Waals surface area (Å²) in [5, 5.41) is 18.0. The lowest BCUT2D eigenvalue weighted by Gasteiger charge is -1.95. The Morgan fingerprint density at radius 3 is 2.65 bits per heavy atom. The van der Waals surface area contributed by atoms with E-state index in [1.165, 1.54) is 11.3 Å². The fourth-order valence-corrected chi connectivity index (χ4v) is 2.85. The van der Waals surface area contributed by atoms with E-state index >= 15 is 0 Å². The first-order valence-corrected chi connectivity index (χ1v) is 6.89. The van der Waals surface area contributed by atoms with Gasteiger partial charge in [-0.1, -0.05) is 41.7 Å². The first kappa shape index (κ1) is 11.3. The van der Waals surface area contributed by atoms with Crippen LogP contribution >= 0.6 is 11.3 Å². The van der Waals surface area contributed by atoms with Crippen molar-refractivity contribution >= 4 is 16.3 Å². The van der Waals surface area contributed by atoms with Gasteiger partial charge in [0, 0.05) is 18.8 Å². The van der Waals surface area contributed by atoms with Gasteiger partial charge >= 0.3 is 0 Å². The van der Waals surface area contributed by atoms with Crippen molar-refractivity contribution in [2.24, 2.45) is 7.05 Å². The number of hydrogen-bond acceptors (Lipinski definition) is 5. The zero-order valence-corrected chi connectivity index (χ0v) is 11.4. The van der Waals surface area contributed by atoms with Crippen LogP contribution in [0, 0.1) is 0 Å². The van der Waals surface area contributed by atoms with Crippen LogP contribution in [0.5, 0.6) is 0 Å². The average Bonchev–Trinajstić information content (AvgIpc) is 3.13. The Kier molecular flexibility index (Phi) is 2.40. The maximum Gasteiger partial charge on any atom is 0.235 e. The minimum atomic E-state index is 0.756. The average molecular weight is 282 g/mol. The summed E-state index contributed by atoms with van der Waals surface area (Å²) in [6.45, 7) is 0. The highest BCUT2D eigenvalue weighted by Gasteiger charge is 2.14. The Hall–Kier alpha value is -2.54. The second-order valence-corrected chi connectivity index (χ2v) is 5.35. The van der Waals surface area contributed by atoms with Gasteiger partial charge < -0.3 is 0 Å². The summed E-state index contributed by atoms with van der Waals surface area (Å²) in [4.78, 5) is 0.780. The van der Waals surface area contributed by atoms with Crippen molar-refractivity contribution in [2.45, 2.75) is 0 Å². The van der Waals surface area contributed by atoms with E-state index in [4.69, 9.17) is 0 Å². The molecule has 0 radical (unpaired) electrons. The quantitative estimate of drug-likeness (QED) is 0.566. The van der Waals surface area contributed by atoms with E-state index in [1.54, 1.807) is 15.4 Å². The van der Waals surface area contributed by atoms with Gasteiger partial charge in [-0.3, -0.25) is 4.68 Å². The fraction of sp³-hybridized carbons (Fsp3) is 0.0769. The van der Waals surface area contributed by atoms with Crippen molar-refractivity contribution in [3.63, 3.8) is 0 Å². The van der Waals surface area contributed by atoms with E-state index in [1.807, 2.05) is 43.6 Å². The minimum Gasteiger partial charge on any atom is -0.275 e. The lowest BCUT2D eigenvalue weighted by atomic mass is 10.2. The molecule has 1 aromatic carbocycles. The molecule has 0 saturated carbocycles. The van der Waals surface area contributed by atoms with E-state index in [-0.39, 0.29) is 0 Å². The lowest BCUT2D eigenvalue weighted by Crippen LogP contribution is -1.90. The van der Waals surface area contributed by atoms with Gasteiger partial charge in [-0.2, -0.15) is 14.7 Å². The topological polar surface area (TPSA) is 60.9 Å². The van der Waals surface area contributed by atoms with Crippen LogP contribution in [0.15, 0.2) is 42.7 Å². The molecule has 0 aliphatic rings. The zero-order valence-electron chi connectivity index (χ0n) is 10.6. The van der Waals surface area contributed by atoms with Gasteiger partial charge in [0.1, 0.15) is 0 Å². The van der Waals surface area contributed by atoms with Crippen LogP contribution in [0.4, 0.5) is 0 Å². The normalized spacial score (nSPS) is 11.2. The fourth-order valence-electron chi connectivity index (χ4n) is 2.03. The van der Waals surface area contributed by atoms with E-state index < -0.39 is 0 Å². The number of rotatable bonds is 2. The Labute approximate surface area is 118 Å². The molecule has 3 aromatic heterocycles. The third-order valence-electron chi connectivity index (χ3n) is 2.97. The predicted molar refractivity (Wildman–Crippen MR) is 76.3 cm³/mol.